The van der Waals surface area contributed by atoms with E-state index in [0.29, 0.717) is 11.7 Å². The quantitative estimate of drug-likeness (QED) is 0.380. The smallest absolute Gasteiger partial charge is 0.263 e. The molecule has 142 valence electrons. The van der Waals surface area contributed by atoms with Crippen molar-refractivity contribution in [3.8, 4) is 0 Å². The van der Waals surface area contributed by atoms with Crippen molar-refractivity contribution >= 4 is 39.1 Å². The second kappa shape index (κ2) is 7.28. The van der Waals surface area contributed by atoms with Crippen molar-refractivity contribution in [2.24, 2.45) is 0 Å². The second-order valence-electron chi connectivity index (χ2n) is 7.09. The fraction of sp³-hybridized carbons (Fsp3) is 0.450. The van der Waals surface area contributed by atoms with Crippen molar-refractivity contribution in [2.75, 3.05) is 5.75 Å². The number of aromatic amines is 1. The zero-order valence-corrected chi connectivity index (χ0v) is 17.5. The van der Waals surface area contributed by atoms with Crippen LogP contribution in [0.15, 0.2) is 16.0 Å². The minimum absolute atomic E-state index is 0.0601. The highest BCUT2D eigenvalue weighted by Gasteiger charge is 2.23. The number of aromatic nitrogens is 3. The van der Waals surface area contributed by atoms with E-state index in [1.165, 1.54) is 22.2 Å². The van der Waals surface area contributed by atoms with Crippen molar-refractivity contribution in [3.05, 3.63) is 43.8 Å². The standard InChI is InChI=1S/C20H23N3O2S2/c1-4-8-23-19(25)17-13-6-5-7-16(13)27-18(17)22-20(23)26-10-15(24)14-9-11(2)21-12(14)3/h9,21H,4-8,10H2,1-3H3. The van der Waals surface area contributed by atoms with Gasteiger partial charge in [-0.1, -0.05) is 18.7 Å². The molecule has 0 bridgehead atoms. The molecular weight excluding hydrogens is 378 g/mol. The van der Waals surface area contributed by atoms with Gasteiger partial charge in [-0.25, -0.2) is 4.98 Å². The van der Waals surface area contributed by atoms with E-state index in [0.717, 1.165) is 52.9 Å². The number of carbonyl (C=O) groups is 1. The van der Waals surface area contributed by atoms with Gasteiger partial charge in [0.2, 0.25) is 0 Å². The van der Waals surface area contributed by atoms with Crippen LogP contribution >= 0.6 is 23.1 Å². The number of aryl methyl sites for hydroxylation is 4. The molecule has 27 heavy (non-hydrogen) atoms. The Morgan fingerprint density at radius 3 is 2.89 bits per heavy atom. The molecule has 1 aliphatic carbocycles. The van der Waals surface area contributed by atoms with Crippen LogP contribution in [0.2, 0.25) is 0 Å². The Morgan fingerprint density at radius 2 is 2.19 bits per heavy atom. The summed E-state index contributed by atoms with van der Waals surface area (Å²) in [4.78, 5) is 35.9. The highest BCUT2D eigenvalue weighted by atomic mass is 32.2. The summed E-state index contributed by atoms with van der Waals surface area (Å²) >= 11 is 3.02. The van der Waals surface area contributed by atoms with Gasteiger partial charge in [0.05, 0.1) is 11.1 Å². The molecule has 5 nitrogen and oxygen atoms in total. The average molecular weight is 402 g/mol. The van der Waals surface area contributed by atoms with Crippen LogP contribution in [0.4, 0.5) is 0 Å². The van der Waals surface area contributed by atoms with Crippen molar-refractivity contribution in [3.63, 3.8) is 0 Å². The third-order valence-corrected chi connectivity index (χ3v) is 7.18. The van der Waals surface area contributed by atoms with E-state index in [2.05, 4.69) is 11.9 Å². The summed E-state index contributed by atoms with van der Waals surface area (Å²) in [5, 5.41) is 1.47. The van der Waals surface area contributed by atoms with Gasteiger partial charge in [0, 0.05) is 28.4 Å². The summed E-state index contributed by atoms with van der Waals surface area (Å²) in [5.74, 6) is 0.346. The van der Waals surface area contributed by atoms with Gasteiger partial charge in [-0.3, -0.25) is 14.2 Å². The minimum atomic E-state index is 0.0601. The van der Waals surface area contributed by atoms with Gasteiger partial charge in [0.25, 0.3) is 5.56 Å². The van der Waals surface area contributed by atoms with Crippen LogP contribution in [0.5, 0.6) is 0 Å². The molecule has 0 amide bonds. The number of carbonyl (C=O) groups excluding carboxylic acids is 1. The average Bonchev–Trinajstić information content (AvgIpc) is 3.29. The number of rotatable bonds is 6. The number of nitrogens with one attached hydrogen (secondary N) is 1. The maximum atomic E-state index is 13.2. The fourth-order valence-electron chi connectivity index (χ4n) is 3.81. The molecule has 0 saturated carbocycles. The van der Waals surface area contributed by atoms with Gasteiger partial charge in [-0.05, 0) is 51.2 Å². The lowest BCUT2D eigenvalue weighted by atomic mass is 10.2. The van der Waals surface area contributed by atoms with Gasteiger partial charge < -0.3 is 4.98 Å². The molecule has 0 atom stereocenters. The maximum absolute atomic E-state index is 13.2. The zero-order valence-electron chi connectivity index (χ0n) is 15.8. The SMILES string of the molecule is CCCn1c(SCC(=O)c2cc(C)[nH]c2C)nc2sc3c(c2c1=O)CCC3. The molecule has 0 saturated heterocycles. The molecule has 0 fully saturated rings. The Hall–Kier alpha value is -1.86. The molecule has 0 unspecified atom stereocenters. The number of ketones is 1. The molecule has 3 heterocycles. The Bertz CT molecular complexity index is 1090. The lowest BCUT2D eigenvalue weighted by Crippen LogP contribution is -2.23. The van der Waals surface area contributed by atoms with E-state index in [9.17, 15) is 9.59 Å². The molecule has 3 aromatic heterocycles. The largest absolute Gasteiger partial charge is 0.362 e. The van der Waals surface area contributed by atoms with Crippen molar-refractivity contribution in [2.45, 2.75) is 58.2 Å². The van der Waals surface area contributed by atoms with Crippen molar-refractivity contribution in [1.82, 2.24) is 14.5 Å². The van der Waals surface area contributed by atoms with Crippen LogP contribution in [-0.4, -0.2) is 26.1 Å². The van der Waals surface area contributed by atoms with E-state index in [-0.39, 0.29) is 17.1 Å². The molecular formula is C20H23N3O2S2. The Labute approximate surface area is 166 Å². The predicted molar refractivity (Wildman–Crippen MR) is 112 cm³/mol. The summed E-state index contributed by atoms with van der Waals surface area (Å²) in [6, 6.07) is 1.89. The third-order valence-electron chi connectivity index (χ3n) is 5.02. The highest BCUT2D eigenvalue weighted by molar-refractivity contribution is 7.99. The summed E-state index contributed by atoms with van der Waals surface area (Å²) in [6.07, 6.45) is 4.02. The topological polar surface area (TPSA) is 67.8 Å². The van der Waals surface area contributed by atoms with Crippen molar-refractivity contribution in [1.29, 1.82) is 0 Å². The first kappa shape index (κ1) is 18.5. The maximum Gasteiger partial charge on any atom is 0.263 e. The number of nitrogens with zero attached hydrogens (tertiary/aromatic N) is 2. The number of hydrogen-bond donors (Lipinski definition) is 1. The Morgan fingerprint density at radius 1 is 1.37 bits per heavy atom. The van der Waals surface area contributed by atoms with E-state index in [4.69, 9.17) is 4.98 Å². The van der Waals surface area contributed by atoms with E-state index >= 15 is 0 Å². The summed E-state index contributed by atoms with van der Waals surface area (Å²) in [6.45, 7) is 6.54. The fourth-order valence-corrected chi connectivity index (χ4v) is 6.02. The molecule has 3 aromatic rings. The number of Topliss-reactive ketones (excluding diaryl/α,β-unsaturated/α-hetero) is 1. The van der Waals surface area contributed by atoms with Crippen LogP contribution in [0.1, 0.15) is 52.0 Å². The molecule has 7 heteroatoms. The van der Waals surface area contributed by atoms with E-state index < -0.39 is 0 Å². The molecule has 0 spiro atoms. The Kier molecular flexibility index (Phi) is 4.99. The minimum Gasteiger partial charge on any atom is -0.362 e. The van der Waals surface area contributed by atoms with Gasteiger partial charge in [-0.15, -0.1) is 11.3 Å². The molecule has 1 aliphatic rings. The molecule has 4 rings (SSSR count). The molecule has 0 aliphatic heterocycles. The third kappa shape index (κ3) is 3.27. The number of fused-ring (bicyclic) bond motifs is 3. The summed E-state index contributed by atoms with van der Waals surface area (Å²) < 4.78 is 1.76. The van der Waals surface area contributed by atoms with E-state index in [1.807, 2.05) is 19.9 Å². The van der Waals surface area contributed by atoms with Crippen molar-refractivity contribution < 1.29 is 4.79 Å². The first-order valence-electron chi connectivity index (χ1n) is 9.37. The van der Waals surface area contributed by atoms with Crippen LogP contribution in [0.25, 0.3) is 10.2 Å². The number of hydrogen-bond acceptors (Lipinski definition) is 5. The number of thioether (sulfide) groups is 1. The predicted octanol–water partition coefficient (Wildman–Crippen LogP) is 4.28. The van der Waals surface area contributed by atoms with Gasteiger partial charge in [-0.2, -0.15) is 0 Å². The van der Waals surface area contributed by atoms with Crippen LogP contribution in [0.3, 0.4) is 0 Å². The highest BCUT2D eigenvalue weighted by Crippen LogP contribution is 2.35. The summed E-state index contributed by atoms with van der Waals surface area (Å²) in [7, 11) is 0. The van der Waals surface area contributed by atoms with Gasteiger partial charge in [0.15, 0.2) is 10.9 Å². The monoisotopic (exact) mass is 401 g/mol. The normalized spacial score (nSPS) is 13.4. The molecule has 0 radical (unpaired) electrons. The first-order chi connectivity index (χ1) is 13.0. The zero-order chi connectivity index (χ0) is 19.1. The van der Waals surface area contributed by atoms with Gasteiger partial charge >= 0.3 is 0 Å². The van der Waals surface area contributed by atoms with Crippen LogP contribution in [-0.2, 0) is 19.4 Å². The lowest BCUT2D eigenvalue weighted by molar-refractivity contribution is 0.102. The van der Waals surface area contributed by atoms with Crippen LogP contribution in [0, 0.1) is 13.8 Å². The number of thiophene rings is 1. The molecule has 1 N–H and O–H groups in total. The second-order valence-corrected chi connectivity index (χ2v) is 9.12. The first-order valence-corrected chi connectivity index (χ1v) is 11.2. The van der Waals surface area contributed by atoms with Gasteiger partial charge in [0.1, 0.15) is 4.83 Å². The summed E-state index contributed by atoms with van der Waals surface area (Å²) in [5.41, 5.74) is 3.87. The number of H-pyrrole nitrogens is 1. The lowest BCUT2D eigenvalue weighted by Gasteiger charge is -2.11. The Balaban J connectivity index is 1.68. The van der Waals surface area contributed by atoms with E-state index in [1.54, 1.807) is 15.9 Å². The van der Waals surface area contributed by atoms with Crippen LogP contribution < -0.4 is 5.56 Å². The molecule has 0 aromatic carbocycles.